The number of hydrogen-bond donors (Lipinski definition) is 1. The van der Waals surface area contributed by atoms with Crippen LogP contribution in [0.5, 0.6) is 0 Å². The molecule has 3 nitrogen and oxygen atoms in total. The first-order valence-corrected chi connectivity index (χ1v) is 7.22. The van der Waals surface area contributed by atoms with Crippen LogP contribution in [0.15, 0.2) is 16.6 Å². The van der Waals surface area contributed by atoms with E-state index in [0.717, 1.165) is 17.7 Å². The van der Waals surface area contributed by atoms with Crippen LogP contribution in [0.3, 0.4) is 0 Å². The highest BCUT2D eigenvalue weighted by molar-refractivity contribution is 9.10. The van der Waals surface area contributed by atoms with Crippen LogP contribution in [-0.4, -0.2) is 32.0 Å². The fraction of sp³-hybridized carbons (Fsp3) is 0.571. The molecule has 1 fully saturated rings. The fourth-order valence-electron chi connectivity index (χ4n) is 2.42. The number of methoxy groups -OCH3 is 1. The van der Waals surface area contributed by atoms with Crippen LogP contribution < -0.4 is 5.32 Å². The van der Waals surface area contributed by atoms with Crippen molar-refractivity contribution < 1.29 is 13.9 Å². The summed E-state index contributed by atoms with van der Waals surface area (Å²) in [4.78, 5) is 0. The average Bonchev–Trinajstić information content (AvgIpc) is 2.34. The van der Waals surface area contributed by atoms with Crippen molar-refractivity contribution in [2.45, 2.75) is 38.5 Å². The lowest BCUT2D eigenvalue weighted by Gasteiger charge is -2.44. The molecule has 0 aliphatic heterocycles. The molecule has 106 valence electrons. The monoisotopic (exact) mass is 331 g/mol. The van der Waals surface area contributed by atoms with Crippen LogP contribution >= 0.6 is 15.9 Å². The maximum absolute atomic E-state index is 13.6. The molecule has 3 unspecified atom stereocenters. The van der Waals surface area contributed by atoms with Crippen LogP contribution in [0.1, 0.15) is 18.9 Å². The molecule has 1 aromatic carbocycles. The van der Waals surface area contributed by atoms with Crippen molar-refractivity contribution in [2.75, 3.05) is 19.0 Å². The molecule has 1 saturated carbocycles. The first kappa shape index (κ1) is 14.8. The number of nitrogens with one attached hydrogen (secondary N) is 1. The molecule has 1 aromatic rings. The third-order valence-electron chi connectivity index (χ3n) is 3.51. The van der Waals surface area contributed by atoms with Gasteiger partial charge in [0.05, 0.1) is 16.6 Å². The minimum atomic E-state index is -0.261. The molecule has 5 heteroatoms. The van der Waals surface area contributed by atoms with Crippen molar-refractivity contribution in [1.29, 1.82) is 0 Å². The molecule has 0 amide bonds. The Morgan fingerprint density at radius 1 is 1.47 bits per heavy atom. The Balaban J connectivity index is 2.04. The van der Waals surface area contributed by atoms with Gasteiger partial charge in [0, 0.05) is 19.4 Å². The summed E-state index contributed by atoms with van der Waals surface area (Å²) in [5.74, 6) is -0.261. The highest BCUT2D eigenvalue weighted by Crippen LogP contribution is 2.32. The number of benzene rings is 1. The summed E-state index contributed by atoms with van der Waals surface area (Å²) >= 11 is 3.19. The van der Waals surface area contributed by atoms with Gasteiger partial charge in [-0.05, 0) is 53.9 Å². The summed E-state index contributed by atoms with van der Waals surface area (Å²) in [5, 5.41) is 3.34. The number of halogens is 2. The van der Waals surface area contributed by atoms with Gasteiger partial charge in [0.25, 0.3) is 0 Å². The normalized spacial score (nSPS) is 26.1. The Labute approximate surface area is 121 Å². The van der Waals surface area contributed by atoms with Crippen LogP contribution in [0, 0.1) is 12.7 Å². The topological polar surface area (TPSA) is 30.5 Å². The Kier molecular flexibility index (Phi) is 4.81. The molecular formula is C14H19BrFNO2. The SMILES string of the molecule is CCOC1CC(Nc2cc(F)c(Br)cc2C)C1OC. The predicted molar refractivity (Wildman–Crippen MR) is 77.1 cm³/mol. The molecule has 2 rings (SSSR count). The number of rotatable bonds is 5. The second-order valence-corrected chi connectivity index (χ2v) is 5.62. The van der Waals surface area contributed by atoms with Crippen molar-refractivity contribution in [3.8, 4) is 0 Å². The molecule has 1 aliphatic rings. The maximum Gasteiger partial charge on any atom is 0.139 e. The average molecular weight is 332 g/mol. The van der Waals surface area contributed by atoms with Gasteiger partial charge in [-0.2, -0.15) is 0 Å². The zero-order chi connectivity index (χ0) is 14.0. The lowest BCUT2D eigenvalue weighted by Crippen LogP contribution is -2.56. The third-order valence-corrected chi connectivity index (χ3v) is 4.12. The molecule has 0 radical (unpaired) electrons. The van der Waals surface area contributed by atoms with Gasteiger partial charge >= 0.3 is 0 Å². The molecule has 0 bridgehead atoms. The van der Waals surface area contributed by atoms with E-state index in [-0.39, 0.29) is 24.1 Å². The molecule has 1 N–H and O–H groups in total. The first-order chi connectivity index (χ1) is 9.06. The van der Waals surface area contributed by atoms with E-state index in [1.165, 1.54) is 6.07 Å². The van der Waals surface area contributed by atoms with E-state index < -0.39 is 0 Å². The summed E-state index contributed by atoms with van der Waals surface area (Å²) in [5.41, 5.74) is 1.81. The molecule has 3 atom stereocenters. The van der Waals surface area contributed by atoms with E-state index in [0.29, 0.717) is 11.1 Å². The van der Waals surface area contributed by atoms with E-state index >= 15 is 0 Å². The molecule has 0 heterocycles. The number of hydrogen-bond acceptors (Lipinski definition) is 3. The Morgan fingerprint density at radius 2 is 2.21 bits per heavy atom. The highest BCUT2D eigenvalue weighted by atomic mass is 79.9. The van der Waals surface area contributed by atoms with Gasteiger partial charge in [0.1, 0.15) is 11.9 Å². The van der Waals surface area contributed by atoms with Crippen molar-refractivity contribution in [3.05, 3.63) is 28.0 Å². The van der Waals surface area contributed by atoms with Crippen molar-refractivity contribution in [1.82, 2.24) is 0 Å². The number of anilines is 1. The van der Waals surface area contributed by atoms with Gasteiger partial charge in [-0.15, -0.1) is 0 Å². The first-order valence-electron chi connectivity index (χ1n) is 6.43. The van der Waals surface area contributed by atoms with Crippen molar-refractivity contribution in [2.24, 2.45) is 0 Å². The van der Waals surface area contributed by atoms with Gasteiger partial charge < -0.3 is 14.8 Å². The van der Waals surface area contributed by atoms with Crippen molar-refractivity contribution in [3.63, 3.8) is 0 Å². The standard InChI is InChI=1S/C14H19BrFNO2/c1-4-19-13-7-12(14(13)18-3)17-11-6-10(16)9(15)5-8(11)2/h5-6,12-14,17H,4,7H2,1-3H3. The zero-order valence-electron chi connectivity index (χ0n) is 11.4. The van der Waals surface area contributed by atoms with Crippen molar-refractivity contribution >= 4 is 21.6 Å². The molecule has 1 aliphatic carbocycles. The Hall–Kier alpha value is -0.650. The van der Waals surface area contributed by atoms with Crippen LogP contribution in [-0.2, 0) is 9.47 Å². The predicted octanol–water partition coefficient (Wildman–Crippen LogP) is 3.50. The molecule has 0 aromatic heterocycles. The van der Waals surface area contributed by atoms with E-state index in [9.17, 15) is 4.39 Å². The summed E-state index contributed by atoms with van der Waals surface area (Å²) in [6, 6.07) is 3.46. The largest absolute Gasteiger partial charge is 0.379 e. The quantitative estimate of drug-likeness (QED) is 0.895. The third kappa shape index (κ3) is 3.09. The lowest BCUT2D eigenvalue weighted by atomic mass is 9.85. The summed E-state index contributed by atoms with van der Waals surface area (Å²) < 4.78 is 25.1. The lowest BCUT2D eigenvalue weighted by molar-refractivity contribution is -0.118. The highest BCUT2D eigenvalue weighted by Gasteiger charge is 2.42. The fourth-order valence-corrected chi connectivity index (χ4v) is 2.88. The number of ether oxygens (including phenoxy) is 2. The molecule has 0 saturated heterocycles. The van der Waals surface area contributed by atoms with E-state index in [1.807, 2.05) is 13.8 Å². The molecular weight excluding hydrogens is 313 g/mol. The maximum atomic E-state index is 13.6. The summed E-state index contributed by atoms with van der Waals surface area (Å²) in [7, 11) is 1.68. The second-order valence-electron chi connectivity index (χ2n) is 4.76. The summed E-state index contributed by atoms with van der Waals surface area (Å²) in [6.07, 6.45) is 1.03. The Morgan fingerprint density at radius 3 is 2.84 bits per heavy atom. The van der Waals surface area contributed by atoms with Gasteiger partial charge in [0.2, 0.25) is 0 Å². The van der Waals surface area contributed by atoms with E-state index in [1.54, 1.807) is 13.2 Å². The van der Waals surface area contributed by atoms with E-state index in [4.69, 9.17) is 9.47 Å². The van der Waals surface area contributed by atoms with Gasteiger partial charge in [-0.3, -0.25) is 0 Å². The minimum Gasteiger partial charge on any atom is -0.379 e. The van der Waals surface area contributed by atoms with Crippen LogP contribution in [0.2, 0.25) is 0 Å². The molecule has 0 spiro atoms. The number of aryl methyl sites for hydroxylation is 1. The van der Waals surface area contributed by atoms with Gasteiger partial charge in [-0.1, -0.05) is 0 Å². The Bertz CT molecular complexity index is 455. The van der Waals surface area contributed by atoms with Crippen LogP contribution in [0.4, 0.5) is 10.1 Å². The van der Waals surface area contributed by atoms with Gasteiger partial charge in [-0.25, -0.2) is 4.39 Å². The summed E-state index contributed by atoms with van der Waals surface area (Å²) in [6.45, 7) is 4.61. The zero-order valence-corrected chi connectivity index (χ0v) is 13.0. The smallest absolute Gasteiger partial charge is 0.139 e. The van der Waals surface area contributed by atoms with E-state index in [2.05, 4.69) is 21.2 Å². The van der Waals surface area contributed by atoms with Gasteiger partial charge in [0.15, 0.2) is 0 Å². The minimum absolute atomic E-state index is 0.0195. The van der Waals surface area contributed by atoms with Crippen LogP contribution in [0.25, 0.3) is 0 Å². The second kappa shape index (κ2) is 6.20. The molecule has 19 heavy (non-hydrogen) atoms.